The number of thioether (sulfide) groups is 1. The first-order chi connectivity index (χ1) is 8.77. The molecule has 2 atom stereocenters. The maximum atomic E-state index is 11.5. The first-order valence-corrected chi connectivity index (χ1v) is 8.87. The van der Waals surface area contributed by atoms with E-state index in [0.29, 0.717) is 0 Å². The maximum absolute atomic E-state index is 11.5. The third-order valence-corrected chi connectivity index (χ3v) is 6.07. The van der Waals surface area contributed by atoms with Gasteiger partial charge in [0.2, 0.25) is 0 Å². The molecule has 19 heavy (non-hydrogen) atoms. The van der Waals surface area contributed by atoms with Crippen molar-refractivity contribution in [1.29, 1.82) is 0 Å². The van der Waals surface area contributed by atoms with Gasteiger partial charge in [-0.25, -0.2) is 18.4 Å². The molecule has 1 aliphatic rings. The summed E-state index contributed by atoms with van der Waals surface area (Å²) in [7, 11) is -3.12. The monoisotopic (exact) mass is 302 g/mol. The molecule has 0 saturated carbocycles. The van der Waals surface area contributed by atoms with Gasteiger partial charge in [-0.1, -0.05) is 25.6 Å². The lowest BCUT2D eigenvalue weighted by Gasteiger charge is -2.13. The van der Waals surface area contributed by atoms with Gasteiger partial charge in [-0.2, -0.15) is 0 Å². The molecule has 106 valence electrons. The summed E-state index contributed by atoms with van der Waals surface area (Å²) in [6.45, 7) is 5.91. The van der Waals surface area contributed by atoms with Crippen LogP contribution >= 0.6 is 11.8 Å². The molecule has 2 heterocycles. The fourth-order valence-corrected chi connectivity index (χ4v) is 5.52. The molecule has 1 fully saturated rings. The Morgan fingerprint density at radius 3 is 2.58 bits per heavy atom. The molecule has 1 N–H and O–H groups in total. The summed E-state index contributed by atoms with van der Waals surface area (Å²) in [6, 6.07) is 1.83. The topological polar surface area (TPSA) is 80.2 Å². The van der Waals surface area contributed by atoms with Crippen LogP contribution in [-0.2, 0) is 9.84 Å². The number of aliphatic hydroxyl groups excluding tert-OH is 1. The van der Waals surface area contributed by atoms with Gasteiger partial charge < -0.3 is 5.11 Å². The van der Waals surface area contributed by atoms with E-state index in [1.54, 1.807) is 0 Å². The lowest BCUT2D eigenvalue weighted by Crippen LogP contribution is -2.20. The van der Waals surface area contributed by atoms with Crippen LogP contribution in [0.25, 0.3) is 0 Å². The summed E-state index contributed by atoms with van der Waals surface area (Å²) in [5.74, 6) is 0.833. The second kappa shape index (κ2) is 5.38. The Balaban J connectivity index is 2.20. The second-order valence-corrected chi connectivity index (χ2v) is 8.57. The van der Waals surface area contributed by atoms with E-state index in [-0.39, 0.29) is 22.7 Å². The van der Waals surface area contributed by atoms with Gasteiger partial charge >= 0.3 is 0 Å². The van der Waals surface area contributed by atoms with E-state index in [1.165, 1.54) is 11.8 Å². The summed E-state index contributed by atoms with van der Waals surface area (Å²) >= 11 is 1.33. The van der Waals surface area contributed by atoms with Crippen molar-refractivity contribution in [3.63, 3.8) is 0 Å². The normalized spacial score (nSPS) is 25.9. The average Bonchev–Trinajstić information content (AvgIpc) is 2.50. The highest BCUT2D eigenvalue weighted by molar-refractivity contribution is 8.01. The molecule has 2 rings (SSSR count). The van der Waals surface area contributed by atoms with Crippen molar-refractivity contribution in [1.82, 2.24) is 9.97 Å². The van der Waals surface area contributed by atoms with Crippen LogP contribution in [0.5, 0.6) is 0 Å². The quantitative estimate of drug-likeness (QED) is 0.844. The van der Waals surface area contributed by atoms with E-state index in [9.17, 15) is 13.5 Å². The number of aromatic nitrogens is 2. The second-order valence-electron chi connectivity index (χ2n) is 5.16. The molecule has 0 aliphatic carbocycles. The lowest BCUT2D eigenvalue weighted by molar-refractivity contribution is 0.207. The van der Waals surface area contributed by atoms with Crippen molar-refractivity contribution in [3.8, 4) is 0 Å². The fourth-order valence-electron chi connectivity index (χ4n) is 1.94. The van der Waals surface area contributed by atoms with Crippen LogP contribution in [0.4, 0.5) is 0 Å². The molecule has 0 radical (unpaired) electrons. The minimum absolute atomic E-state index is 0.0128. The molecule has 2 unspecified atom stereocenters. The number of nitrogens with zero attached hydrogens (tertiary/aromatic N) is 2. The predicted octanol–water partition coefficient (Wildman–Crippen LogP) is 1.16. The van der Waals surface area contributed by atoms with E-state index in [1.807, 2.05) is 26.8 Å². The predicted molar refractivity (Wildman–Crippen MR) is 75.2 cm³/mol. The molecular formula is C12H18N2O3S2. The van der Waals surface area contributed by atoms with Gasteiger partial charge in [0.15, 0.2) is 9.84 Å². The van der Waals surface area contributed by atoms with E-state index in [0.717, 1.165) is 16.5 Å². The van der Waals surface area contributed by atoms with Crippen molar-refractivity contribution in [2.45, 2.75) is 43.1 Å². The van der Waals surface area contributed by atoms with Gasteiger partial charge in [0.25, 0.3) is 0 Å². The number of sulfone groups is 1. The summed E-state index contributed by atoms with van der Waals surface area (Å²) in [5.41, 5.74) is 0.858. The molecule has 0 amide bonds. The Hall–Kier alpha value is -0.660. The van der Waals surface area contributed by atoms with Crippen LogP contribution < -0.4 is 0 Å². The zero-order valence-corrected chi connectivity index (χ0v) is 12.8. The Morgan fingerprint density at radius 1 is 1.37 bits per heavy atom. The zero-order valence-electron chi connectivity index (χ0n) is 11.2. The molecular weight excluding hydrogens is 284 g/mol. The van der Waals surface area contributed by atoms with Gasteiger partial charge in [-0.05, 0) is 13.0 Å². The Kier molecular flexibility index (Phi) is 4.17. The molecule has 1 aliphatic heterocycles. The molecule has 1 aromatic rings. The molecule has 1 saturated heterocycles. The highest BCUT2D eigenvalue weighted by atomic mass is 32.2. The molecule has 5 nitrogen and oxygen atoms in total. The van der Waals surface area contributed by atoms with Crippen molar-refractivity contribution < 1.29 is 13.5 Å². The van der Waals surface area contributed by atoms with E-state index in [4.69, 9.17) is 0 Å². The van der Waals surface area contributed by atoms with Crippen LogP contribution in [0.1, 0.15) is 31.3 Å². The number of hydrogen-bond acceptors (Lipinski definition) is 6. The minimum Gasteiger partial charge on any atom is -0.391 e. The van der Waals surface area contributed by atoms with Gasteiger partial charge in [-0.15, -0.1) is 0 Å². The first kappa shape index (κ1) is 14.7. The van der Waals surface area contributed by atoms with E-state index in [2.05, 4.69) is 9.97 Å². The van der Waals surface area contributed by atoms with Crippen molar-refractivity contribution in [3.05, 3.63) is 17.6 Å². The van der Waals surface area contributed by atoms with E-state index >= 15 is 0 Å². The summed E-state index contributed by atoms with van der Waals surface area (Å²) in [5, 5.41) is 10.2. The molecule has 1 aromatic heterocycles. The Morgan fingerprint density at radius 2 is 2.05 bits per heavy atom. The largest absolute Gasteiger partial charge is 0.391 e. The minimum atomic E-state index is -3.12. The van der Waals surface area contributed by atoms with Crippen molar-refractivity contribution >= 4 is 21.6 Å². The van der Waals surface area contributed by atoms with Gasteiger partial charge in [0.1, 0.15) is 10.9 Å². The Labute approximate surface area is 117 Å². The zero-order chi connectivity index (χ0) is 14.2. The number of aliphatic hydroxyl groups is 1. The van der Waals surface area contributed by atoms with Crippen LogP contribution in [0.3, 0.4) is 0 Å². The first-order valence-electron chi connectivity index (χ1n) is 6.17. The third kappa shape index (κ3) is 3.67. The van der Waals surface area contributed by atoms with Gasteiger partial charge in [0.05, 0.1) is 22.9 Å². The summed E-state index contributed by atoms with van der Waals surface area (Å²) in [4.78, 5) is 8.78. The van der Waals surface area contributed by atoms with Crippen LogP contribution in [-0.4, -0.2) is 46.4 Å². The SMILES string of the molecule is Cc1cc(SC2CS(=O)(=O)CC2O)nc(C(C)C)n1. The van der Waals surface area contributed by atoms with Crippen LogP contribution in [0.15, 0.2) is 11.1 Å². The Bertz CT molecular complexity index is 572. The van der Waals surface area contributed by atoms with Crippen LogP contribution in [0.2, 0.25) is 0 Å². The summed E-state index contributed by atoms with van der Waals surface area (Å²) < 4.78 is 23.0. The van der Waals surface area contributed by atoms with Crippen molar-refractivity contribution in [2.24, 2.45) is 0 Å². The van der Waals surface area contributed by atoms with E-state index < -0.39 is 15.9 Å². The lowest BCUT2D eigenvalue weighted by atomic mass is 10.2. The highest BCUT2D eigenvalue weighted by Crippen LogP contribution is 2.31. The number of aryl methyl sites for hydroxylation is 1. The fraction of sp³-hybridized carbons (Fsp3) is 0.667. The molecule has 0 aromatic carbocycles. The van der Waals surface area contributed by atoms with Gasteiger partial charge in [-0.3, -0.25) is 0 Å². The molecule has 0 bridgehead atoms. The summed E-state index contributed by atoms with van der Waals surface area (Å²) in [6.07, 6.45) is -0.812. The molecule has 0 spiro atoms. The molecule has 7 heteroatoms. The number of hydrogen-bond donors (Lipinski definition) is 1. The highest BCUT2D eigenvalue weighted by Gasteiger charge is 2.37. The standard InChI is InChI=1S/C12H18N2O3S2/c1-7(2)12-13-8(3)4-11(14-12)18-10-6-19(16,17)5-9(10)15/h4,7,9-10,15H,5-6H2,1-3H3. The van der Waals surface area contributed by atoms with Crippen molar-refractivity contribution in [2.75, 3.05) is 11.5 Å². The van der Waals surface area contributed by atoms with Crippen LogP contribution in [0, 0.1) is 6.92 Å². The maximum Gasteiger partial charge on any atom is 0.154 e. The van der Waals surface area contributed by atoms with Gasteiger partial charge in [0, 0.05) is 11.6 Å². The average molecular weight is 302 g/mol. The third-order valence-electron chi connectivity index (χ3n) is 2.91. The smallest absolute Gasteiger partial charge is 0.154 e. The number of rotatable bonds is 3.